The molecule has 5 nitrogen and oxygen atoms in total. The van der Waals surface area contributed by atoms with E-state index in [1.165, 1.54) is 0 Å². The van der Waals surface area contributed by atoms with Crippen molar-refractivity contribution < 1.29 is 15.1 Å². The Morgan fingerprint density at radius 3 is 2.78 bits per heavy atom. The maximum absolute atomic E-state index is 9.83. The van der Waals surface area contributed by atoms with Crippen LogP contribution in [-0.2, 0) is 0 Å². The fraction of sp³-hybridized carbons (Fsp3) is 0.500. The molecule has 0 aromatic rings. The predicted octanol–water partition coefficient (Wildman–Crippen LogP) is 0.103. The second kappa shape index (κ2) is 3.71. The Morgan fingerprint density at radius 1 is 1.89 bits per heavy atom. The lowest BCUT2D eigenvalue weighted by Gasteiger charge is -2.01. The Labute approximate surface area is 52.0 Å². The molecule has 0 aromatic carbocycles. The first-order valence-corrected chi connectivity index (χ1v) is 2.34. The van der Waals surface area contributed by atoms with Crippen LogP contribution in [0.4, 0.5) is 4.79 Å². The van der Waals surface area contributed by atoms with Gasteiger partial charge in [0, 0.05) is 0 Å². The van der Waals surface area contributed by atoms with Gasteiger partial charge < -0.3 is 15.6 Å². The molecule has 0 saturated heterocycles. The van der Waals surface area contributed by atoms with Crippen molar-refractivity contribution in [1.82, 2.24) is 5.32 Å². The van der Waals surface area contributed by atoms with Crippen LogP contribution in [0, 0.1) is 0 Å². The Morgan fingerprint density at radius 2 is 2.44 bits per heavy atom. The average Bonchev–Trinajstić information content (AvgIpc) is 1.63. The molecule has 1 amide bonds. The highest BCUT2D eigenvalue weighted by Gasteiger charge is 1.99. The Hall–Kier alpha value is -1.26. The molecule has 1 unspecified atom stereocenters. The third-order valence-corrected chi connectivity index (χ3v) is 0.641. The first kappa shape index (κ1) is 7.74. The number of hydrogen-bond donors (Lipinski definition) is 3. The topological polar surface area (TPSA) is 81.9 Å². The minimum absolute atomic E-state index is 0.451. The summed E-state index contributed by atoms with van der Waals surface area (Å²) in [6.07, 6.45) is -0.0592. The van der Waals surface area contributed by atoms with Crippen LogP contribution >= 0.6 is 0 Å². The van der Waals surface area contributed by atoms with Gasteiger partial charge in [-0.25, -0.2) is 4.79 Å². The first-order valence-electron chi connectivity index (χ1n) is 2.34. The predicted molar refractivity (Wildman–Crippen MR) is 30.9 cm³/mol. The second-order valence-electron chi connectivity index (χ2n) is 1.50. The Kier molecular flexibility index (Phi) is 3.19. The van der Waals surface area contributed by atoms with Gasteiger partial charge >= 0.3 is 6.09 Å². The zero-order valence-corrected chi connectivity index (χ0v) is 4.90. The van der Waals surface area contributed by atoms with Gasteiger partial charge in [0.05, 0.1) is 12.3 Å². The van der Waals surface area contributed by atoms with E-state index in [4.69, 9.17) is 10.3 Å². The van der Waals surface area contributed by atoms with Crippen LogP contribution in [0.1, 0.15) is 6.92 Å². The highest BCUT2D eigenvalue weighted by molar-refractivity contribution is 5.72. The maximum Gasteiger partial charge on any atom is 0.405 e. The molecule has 5 heteroatoms. The van der Waals surface area contributed by atoms with Crippen molar-refractivity contribution in [2.75, 3.05) is 0 Å². The van der Waals surface area contributed by atoms with E-state index in [-0.39, 0.29) is 0 Å². The third-order valence-electron chi connectivity index (χ3n) is 0.641. The van der Waals surface area contributed by atoms with Gasteiger partial charge in [-0.05, 0) is 6.92 Å². The Bertz CT molecular complexity index is 123. The van der Waals surface area contributed by atoms with Gasteiger partial charge in [0.1, 0.15) is 0 Å². The molecule has 3 N–H and O–H groups in total. The van der Waals surface area contributed by atoms with E-state index in [9.17, 15) is 4.79 Å². The molecule has 52 valence electrons. The van der Waals surface area contributed by atoms with E-state index in [0.29, 0.717) is 0 Å². The number of carboxylic acid groups (broad SMARTS) is 1. The van der Waals surface area contributed by atoms with Gasteiger partial charge in [-0.15, -0.1) is 0 Å². The molecule has 0 bridgehead atoms. The van der Waals surface area contributed by atoms with Gasteiger partial charge in [-0.3, -0.25) is 0 Å². The molecule has 0 aliphatic rings. The lowest BCUT2D eigenvalue weighted by molar-refractivity contribution is 0.193. The van der Waals surface area contributed by atoms with Crippen LogP contribution in [0.5, 0.6) is 0 Å². The van der Waals surface area contributed by atoms with E-state index in [1.54, 1.807) is 6.92 Å². The average molecular weight is 132 g/mol. The SMILES string of the molecule is CC(/C=N/O)NC(=O)O. The molecule has 0 heterocycles. The summed E-state index contributed by atoms with van der Waals surface area (Å²) >= 11 is 0. The van der Waals surface area contributed by atoms with Crippen molar-refractivity contribution in [2.45, 2.75) is 13.0 Å². The molecule has 0 rings (SSSR count). The van der Waals surface area contributed by atoms with Gasteiger partial charge in [0.25, 0.3) is 0 Å². The minimum atomic E-state index is -1.14. The van der Waals surface area contributed by atoms with E-state index < -0.39 is 12.1 Å². The third kappa shape index (κ3) is 4.60. The standard InChI is InChI=1S/C4H8N2O3/c1-3(2-5-9)6-4(7)8/h2-3,6,9H,1H3,(H,7,8)/b5-2+. The van der Waals surface area contributed by atoms with Crippen LogP contribution in [0.25, 0.3) is 0 Å². The van der Waals surface area contributed by atoms with E-state index >= 15 is 0 Å². The summed E-state index contributed by atoms with van der Waals surface area (Å²) in [6, 6.07) is -0.451. The number of amides is 1. The number of oxime groups is 1. The minimum Gasteiger partial charge on any atom is -0.465 e. The van der Waals surface area contributed by atoms with E-state index in [2.05, 4.69) is 10.5 Å². The van der Waals surface area contributed by atoms with Crippen molar-refractivity contribution >= 4 is 12.3 Å². The van der Waals surface area contributed by atoms with Crippen LogP contribution < -0.4 is 5.32 Å². The number of rotatable bonds is 2. The van der Waals surface area contributed by atoms with E-state index in [0.717, 1.165) is 6.21 Å². The van der Waals surface area contributed by atoms with Crippen molar-refractivity contribution in [3.8, 4) is 0 Å². The fourth-order valence-electron chi connectivity index (χ4n) is 0.332. The Balaban J connectivity index is 3.50. The zero-order chi connectivity index (χ0) is 7.28. The molecule has 1 atom stereocenters. The zero-order valence-electron chi connectivity index (χ0n) is 4.90. The lowest BCUT2D eigenvalue weighted by Crippen LogP contribution is -2.31. The van der Waals surface area contributed by atoms with Gasteiger partial charge in [0.15, 0.2) is 0 Å². The highest BCUT2D eigenvalue weighted by Crippen LogP contribution is 1.73. The molecule has 0 aliphatic heterocycles. The molecule has 9 heavy (non-hydrogen) atoms. The fourth-order valence-corrected chi connectivity index (χ4v) is 0.332. The molecule has 0 spiro atoms. The van der Waals surface area contributed by atoms with Crippen LogP contribution in [0.3, 0.4) is 0 Å². The van der Waals surface area contributed by atoms with Crippen LogP contribution in [0.2, 0.25) is 0 Å². The normalized spacial score (nSPS) is 13.4. The second-order valence-corrected chi connectivity index (χ2v) is 1.50. The first-order chi connectivity index (χ1) is 4.16. The number of nitrogens with one attached hydrogen (secondary N) is 1. The summed E-state index contributed by atoms with van der Waals surface area (Å²) in [5.41, 5.74) is 0. The molecule has 0 fully saturated rings. The van der Waals surface area contributed by atoms with Crippen molar-refractivity contribution in [3.63, 3.8) is 0 Å². The number of nitrogens with zero attached hydrogens (tertiary/aromatic N) is 1. The van der Waals surface area contributed by atoms with Crippen LogP contribution in [-0.4, -0.2) is 28.7 Å². The molecule has 0 radical (unpaired) electrons. The van der Waals surface area contributed by atoms with Crippen molar-refractivity contribution in [1.29, 1.82) is 0 Å². The quantitative estimate of drug-likeness (QED) is 0.283. The molecular formula is C4H8N2O3. The van der Waals surface area contributed by atoms with Crippen LogP contribution in [0.15, 0.2) is 5.16 Å². The summed E-state index contributed by atoms with van der Waals surface area (Å²) in [5, 5.41) is 20.6. The molecular weight excluding hydrogens is 124 g/mol. The van der Waals surface area contributed by atoms with Gasteiger partial charge in [-0.1, -0.05) is 5.16 Å². The molecule has 0 aliphatic carbocycles. The summed E-state index contributed by atoms with van der Waals surface area (Å²) in [4.78, 5) is 9.83. The monoisotopic (exact) mass is 132 g/mol. The summed E-state index contributed by atoms with van der Waals surface area (Å²) in [7, 11) is 0. The number of carbonyl (C=O) groups is 1. The largest absolute Gasteiger partial charge is 0.465 e. The summed E-state index contributed by atoms with van der Waals surface area (Å²) in [5.74, 6) is 0. The van der Waals surface area contributed by atoms with Crippen molar-refractivity contribution in [2.24, 2.45) is 5.16 Å². The number of hydrogen-bond acceptors (Lipinski definition) is 3. The highest BCUT2D eigenvalue weighted by atomic mass is 16.4. The van der Waals surface area contributed by atoms with Gasteiger partial charge in [-0.2, -0.15) is 0 Å². The molecule has 0 saturated carbocycles. The van der Waals surface area contributed by atoms with Crippen molar-refractivity contribution in [3.05, 3.63) is 0 Å². The van der Waals surface area contributed by atoms with Gasteiger partial charge in [0.2, 0.25) is 0 Å². The van der Waals surface area contributed by atoms with E-state index in [1.807, 2.05) is 0 Å². The summed E-state index contributed by atoms with van der Waals surface area (Å²) in [6.45, 7) is 1.55. The lowest BCUT2D eigenvalue weighted by atomic mass is 10.4. The maximum atomic E-state index is 9.83. The molecule has 0 aromatic heterocycles. The smallest absolute Gasteiger partial charge is 0.405 e. The summed E-state index contributed by atoms with van der Waals surface area (Å²) < 4.78 is 0.